The zero-order chi connectivity index (χ0) is 39.1. The molecule has 0 amide bonds. The molecule has 2 nitrogen and oxygen atoms in total. The summed E-state index contributed by atoms with van der Waals surface area (Å²) in [7, 11) is 0. The van der Waals surface area contributed by atoms with Gasteiger partial charge in [-0.25, -0.2) is 0 Å². The smallest absolute Gasteiger partial charge is 0.0462 e. The second kappa shape index (κ2) is 17.6. The molecule has 284 valence electrons. The minimum absolute atomic E-state index is 0.144. The molecule has 0 aromatic heterocycles. The fourth-order valence-corrected chi connectivity index (χ4v) is 7.33. The zero-order valence-electron chi connectivity index (χ0n) is 34.8. The minimum Gasteiger partial charge on any atom is -0.311 e. The maximum Gasteiger partial charge on any atom is 0.0462 e. The quantitative estimate of drug-likeness (QED) is 0.104. The van der Waals surface area contributed by atoms with Gasteiger partial charge in [-0.15, -0.1) is 0 Å². The molecule has 0 aliphatic rings. The van der Waals surface area contributed by atoms with E-state index in [0.717, 1.165) is 37.1 Å². The summed E-state index contributed by atoms with van der Waals surface area (Å²) in [4.78, 5) is 4.76. The Morgan fingerprint density at radius 2 is 0.600 bits per heavy atom. The Morgan fingerprint density at radius 3 is 0.836 bits per heavy atom. The first-order chi connectivity index (χ1) is 26.6. The molecule has 3 atom stereocenters. The predicted octanol–water partition coefficient (Wildman–Crippen LogP) is 16.5. The van der Waals surface area contributed by atoms with E-state index in [1.165, 1.54) is 56.1 Å². The molecular weight excluding hydrogens is 665 g/mol. The molecule has 0 heterocycles. The van der Waals surface area contributed by atoms with Crippen molar-refractivity contribution in [2.75, 3.05) is 9.80 Å². The van der Waals surface area contributed by atoms with Gasteiger partial charge in [0, 0.05) is 34.1 Å². The predicted molar refractivity (Wildman–Crippen MR) is 241 cm³/mol. The third-order valence-corrected chi connectivity index (χ3v) is 12.4. The monoisotopic (exact) mass is 726 g/mol. The van der Waals surface area contributed by atoms with E-state index in [9.17, 15) is 0 Å². The first kappa shape index (κ1) is 39.6. The molecule has 3 unspecified atom stereocenters. The van der Waals surface area contributed by atoms with Crippen LogP contribution in [0.15, 0.2) is 146 Å². The van der Waals surface area contributed by atoms with E-state index in [2.05, 4.69) is 218 Å². The largest absolute Gasteiger partial charge is 0.311 e. The van der Waals surface area contributed by atoms with Crippen LogP contribution in [0.4, 0.5) is 34.1 Å². The number of hydrogen-bond donors (Lipinski definition) is 0. The number of nitrogens with zero attached hydrogens (tertiary/aromatic N) is 2. The molecule has 0 bridgehead atoms. The first-order valence-electron chi connectivity index (χ1n) is 20.8. The standard InChI is InChI=1S/C53H62N2/c1-10-38(5)41-14-26-47(27-15-41)54(48-28-16-42(17-29-48)39(6)11-2)50-32-20-44(21-33-50)45-22-34-51(35-23-45)55(49-30-18-43(19-31-49)40(7)12-3)52-36-24-46(25-37-52)53(8,9)13-4/h14-40H,10-13H2,1-9H3. The first-order valence-corrected chi connectivity index (χ1v) is 20.8. The summed E-state index contributed by atoms with van der Waals surface area (Å²) in [5, 5.41) is 0. The molecule has 6 rings (SSSR count). The Balaban J connectivity index is 1.32. The highest BCUT2D eigenvalue weighted by atomic mass is 15.1. The average molecular weight is 727 g/mol. The van der Waals surface area contributed by atoms with Crippen LogP contribution in [0.3, 0.4) is 0 Å². The summed E-state index contributed by atoms with van der Waals surface area (Å²) < 4.78 is 0. The minimum atomic E-state index is 0.144. The molecule has 0 N–H and O–H groups in total. The van der Waals surface area contributed by atoms with Gasteiger partial charge < -0.3 is 9.80 Å². The van der Waals surface area contributed by atoms with Gasteiger partial charge in [0.15, 0.2) is 0 Å². The van der Waals surface area contributed by atoms with Gasteiger partial charge in [-0.2, -0.15) is 0 Å². The van der Waals surface area contributed by atoms with E-state index in [0.29, 0.717) is 17.8 Å². The van der Waals surface area contributed by atoms with Crippen LogP contribution in [0.2, 0.25) is 0 Å². The molecule has 55 heavy (non-hydrogen) atoms. The fraction of sp³-hybridized carbons (Fsp3) is 0.321. The zero-order valence-corrected chi connectivity index (χ0v) is 34.8. The van der Waals surface area contributed by atoms with Gasteiger partial charge in [-0.3, -0.25) is 0 Å². The molecule has 0 saturated carbocycles. The highest BCUT2D eigenvalue weighted by Gasteiger charge is 2.20. The Hall–Kier alpha value is -5.08. The van der Waals surface area contributed by atoms with Crippen molar-refractivity contribution in [1.29, 1.82) is 0 Å². The summed E-state index contributed by atoms with van der Waals surface area (Å²) in [5.74, 6) is 1.63. The van der Waals surface area contributed by atoms with Gasteiger partial charge in [-0.1, -0.05) is 135 Å². The van der Waals surface area contributed by atoms with Gasteiger partial charge in [0.05, 0.1) is 0 Å². The maximum atomic E-state index is 2.38. The SMILES string of the molecule is CCC(C)c1ccc(N(c2ccc(-c3ccc(N(c4ccc(C(C)CC)cc4)c4ccc(C(C)(C)CC)cc4)cc3)cc2)c2ccc(C(C)CC)cc2)cc1. The Morgan fingerprint density at radius 1 is 0.364 bits per heavy atom. The second-order valence-electron chi connectivity index (χ2n) is 16.3. The lowest BCUT2D eigenvalue weighted by Crippen LogP contribution is -2.16. The van der Waals surface area contributed by atoms with Crippen molar-refractivity contribution in [2.45, 2.75) is 111 Å². The highest BCUT2D eigenvalue weighted by molar-refractivity contribution is 5.81. The van der Waals surface area contributed by atoms with Gasteiger partial charge in [0.1, 0.15) is 0 Å². The Bertz CT molecular complexity index is 2020. The molecular formula is C53H62N2. The number of hydrogen-bond acceptors (Lipinski definition) is 2. The molecule has 6 aromatic rings. The molecule has 2 heteroatoms. The van der Waals surface area contributed by atoms with Crippen LogP contribution in [0.1, 0.15) is 128 Å². The van der Waals surface area contributed by atoms with Gasteiger partial charge >= 0.3 is 0 Å². The van der Waals surface area contributed by atoms with E-state index in [-0.39, 0.29) is 5.41 Å². The van der Waals surface area contributed by atoms with Crippen LogP contribution in [-0.4, -0.2) is 0 Å². The van der Waals surface area contributed by atoms with Crippen molar-refractivity contribution in [3.63, 3.8) is 0 Å². The lowest BCUT2D eigenvalue weighted by atomic mass is 9.82. The van der Waals surface area contributed by atoms with Gasteiger partial charge in [0.2, 0.25) is 0 Å². The van der Waals surface area contributed by atoms with Crippen LogP contribution in [0.25, 0.3) is 11.1 Å². The summed E-state index contributed by atoms with van der Waals surface area (Å²) in [5.41, 5.74) is 15.0. The summed E-state index contributed by atoms with van der Waals surface area (Å²) in [6.45, 7) is 20.6. The summed E-state index contributed by atoms with van der Waals surface area (Å²) in [6.07, 6.45) is 4.51. The van der Waals surface area contributed by atoms with Crippen LogP contribution in [0, 0.1) is 0 Å². The summed E-state index contributed by atoms with van der Waals surface area (Å²) in [6, 6.07) is 54.7. The Kier molecular flexibility index (Phi) is 12.7. The molecule has 0 aliphatic heterocycles. The number of anilines is 6. The van der Waals surface area contributed by atoms with Crippen molar-refractivity contribution in [3.8, 4) is 11.1 Å². The molecule has 0 saturated heterocycles. The molecule has 6 aromatic carbocycles. The van der Waals surface area contributed by atoms with E-state index in [4.69, 9.17) is 0 Å². The summed E-state index contributed by atoms with van der Waals surface area (Å²) >= 11 is 0. The van der Waals surface area contributed by atoms with Crippen molar-refractivity contribution < 1.29 is 0 Å². The van der Waals surface area contributed by atoms with Crippen LogP contribution in [0.5, 0.6) is 0 Å². The number of rotatable bonds is 15. The van der Waals surface area contributed by atoms with Gasteiger partial charge in [0.25, 0.3) is 0 Å². The van der Waals surface area contributed by atoms with E-state index < -0.39 is 0 Å². The van der Waals surface area contributed by atoms with Crippen molar-refractivity contribution >= 4 is 34.1 Å². The normalized spacial score (nSPS) is 13.3. The van der Waals surface area contributed by atoms with Crippen LogP contribution < -0.4 is 9.80 Å². The van der Waals surface area contributed by atoms with Gasteiger partial charge in [-0.05, 0) is 155 Å². The highest BCUT2D eigenvalue weighted by Crippen LogP contribution is 2.40. The molecule has 0 radical (unpaired) electrons. The van der Waals surface area contributed by atoms with E-state index in [1.807, 2.05) is 0 Å². The van der Waals surface area contributed by atoms with E-state index >= 15 is 0 Å². The van der Waals surface area contributed by atoms with Crippen molar-refractivity contribution in [2.24, 2.45) is 0 Å². The lowest BCUT2D eigenvalue weighted by Gasteiger charge is -2.28. The van der Waals surface area contributed by atoms with Crippen molar-refractivity contribution in [1.82, 2.24) is 0 Å². The fourth-order valence-electron chi connectivity index (χ4n) is 7.33. The van der Waals surface area contributed by atoms with Crippen LogP contribution >= 0.6 is 0 Å². The Labute approximate surface area is 332 Å². The third-order valence-electron chi connectivity index (χ3n) is 12.4. The molecule has 0 aliphatic carbocycles. The lowest BCUT2D eigenvalue weighted by molar-refractivity contribution is 0.506. The van der Waals surface area contributed by atoms with Crippen LogP contribution in [-0.2, 0) is 5.41 Å². The van der Waals surface area contributed by atoms with Crippen molar-refractivity contribution in [3.05, 3.63) is 168 Å². The third kappa shape index (κ3) is 8.91. The number of benzene rings is 6. The molecule has 0 fully saturated rings. The van der Waals surface area contributed by atoms with E-state index in [1.54, 1.807) is 0 Å². The topological polar surface area (TPSA) is 6.48 Å². The maximum absolute atomic E-state index is 2.38. The average Bonchev–Trinajstić information content (AvgIpc) is 3.24. The molecule has 0 spiro atoms. The second-order valence-corrected chi connectivity index (χ2v) is 16.3.